The van der Waals surface area contributed by atoms with Gasteiger partial charge in [-0.15, -0.1) is 0 Å². The maximum atomic E-state index is 13.1. The summed E-state index contributed by atoms with van der Waals surface area (Å²) in [6, 6.07) is 5.72. The number of rotatable bonds is 3. The van der Waals surface area contributed by atoms with Crippen molar-refractivity contribution in [1.82, 2.24) is 4.90 Å². The Bertz CT molecular complexity index is 536. The molecule has 0 saturated carbocycles. The lowest BCUT2D eigenvalue weighted by molar-refractivity contribution is -0.227. The molecule has 0 spiro atoms. The number of benzene rings is 1. The molecule has 1 N–H and O–H groups in total. The highest BCUT2D eigenvalue weighted by Crippen LogP contribution is 2.46. The molecule has 116 valence electrons. The second kappa shape index (κ2) is 5.33. The lowest BCUT2D eigenvalue weighted by Crippen LogP contribution is -2.47. The van der Waals surface area contributed by atoms with Gasteiger partial charge in [0.25, 0.3) is 0 Å². The van der Waals surface area contributed by atoms with E-state index in [0.717, 1.165) is 16.7 Å². The van der Waals surface area contributed by atoms with Crippen LogP contribution in [0.5, 0.6) is 0 Å². The molecule has 1 saturated heterocycles. The van der Waals surface area contributed by atoms with Gasteiger partial charge in [-0.1, -0.05) is 18.2 Å². The first-order valence-corrected chi connectivity index (χ1v) is 6.75. The summed E-state index contributed by atoms with van der Waals surface area (Å²) in [6.07, 6.45) is -5.12. The minimum Gasteiger partial charge on any atom is -0.481 e. The van der Waals surface area contributed by atoms with Crippen molar-refractivity contribution in [3.05, 3.63) is 34.9 Å². The first-order chi connectivity index (χ1) is 9.67. The van der Waals surface area contributed by atoms with Gasteiger partial charge in [-0.05, 0) is 37.0 Å². The smallest absolute Gasteiger partial charge is 0.406 e. The Balaban J connectivity index is 2.21. The molecule has 0 aliphatic carbocycles. The molecule has 1 aliphatic rings. The van der Waals surface area contributed by atoms with Crippen LogP contribution in [0.3, 0.4) is 0 Å². The normalized spacial score (nSPS) is 23.5. The summed E-state index contributed by atoms with van der Waals surface area (Å²) in [5.41, 5.74) is 0.356. The SMILES string of the molecule is Cc1cccc(C)c1CN1CCC(C(=O)O)(C(F)(F)F)C1. The van der Waals surface area contributed by atoms with E-state index in [2.05, 4.69) is 0 Å². The van der Waals surface area contributed by atoms with Crippen LogP contribution in [0.15, 0.2) is 18.2 Å². The van der Waals surface area contributed by atoms with Crippen molar-refractivity contribution in [3.8, 4) is 0 Å². The number of nitrogens with zero attached hydrogens (tertiary/aromatic N) is 1. The predicted octanol–water partition coefficient (Wildman–Crippen LogP) is 3.14. The number of carboxylic acids is 1. The lowest BCUT2D eigenvalue weighted by atomic mass is 9.86. The first kappa shape index (κ1) is 15.8. The number of aryl methyl sites for hydroxylation is 2. The van der Waals surface area contributed by atoms with Crippen LogP contribution < -0.4 is 0 Å². The van der Waals surface area contributed by atoms with Gasteiger partial charge in [0.05, 0.1) is 0 Å². The molecular formula is C15H18F3NO2. The predicted molar refractivity (Wildman–Crippen MR) is 71.9 cm³/mol. The molecule has 1 heterocycles. The van der Waals surface area contributed by atoms with E-state index in [4.69, 9.17) is 5.11 Å². The van der Waals surface area contributed by atoms with Crippen molar-refractivity contribution < 1.29 is 23.1 Å². The van der Waals surface area contributed by atoms with E-state index in [9.17, 15) is 18.0 Å². The quantitative estimate of drug-likeness (QED) is 0.932. The molecule has 1 aliphatic heterocycles. The second-order valence-corrected chi connectivity index (χ2v) is 5.72. The van der Waals surface area contributed by atoms with Crippen molar-refractivity contribution >= 4 is 5.97 Å². The van der Waals surface area contributed by atoms with Gasteiger partial charge in [-0.25, -0.2) is 0 Å². The molecule has 1 aromatic carbocycles. The van der Waals surface area contributed by atoms with Crippen molar-refractivity contribution in [2.24, 2.45) is 5.41 Å². The first-order valence-electron chi connectivity index (χ1n) is 6.75. The number of likely N-dealkylation sites (tertiary alicyclic amines) is 1. The van der Waals surface area contributed by atoms with Crippen molar-refractivity contribution in [2.75, 3.05) is 13.1 Å². The number of hydrogen-bond acceptors (Lipinski definition) is 2. The number of halogens is 3. The van der Waals surface area contributed by atoms with Gasteiger partial charge in [0.15, 0.2) is 5.41 Å². The molecule has 0 radical (unpaired) electrons. The number of carboxylic acid groups (broad SMARTS) is 1. The molecule has 3 nitrogen and oxygen atoms in total. The van der Waals surface area contributed by atoms with Crippen molar-refractivity contribution in [3.63, 3.8) is 0 Å². The number of carbonyl (C=O) groups is 1. The van der Waals surface area contributed by atoms with Crippen LogP contribution in [0.1, 0.15) is 23.1 Å². The van der Waals surface area contributed by atoms with Crippen LogP contribution in [0.25, 0.3) is 0 Å². The fourth-order valence-corrected chi connectivity index (χ4v) is 2.87. The van der Waals surface area contributed by atoms with E-state index >= 15 is 0 Å². The average molecular weight is 301 g/mol. The number of aliphatic carboxylic acids is 1. The molecule has 1 fully saturated rings. The summed E-state index contributed by atoms with van der Waals surface area (Å²) in [5.74, 6) is -1.78. The zero-order valence-corrected chi connectivity index (χ0v) is 12.0. The minimum atomic E-state index is -4.73. The molecule has 1 aromatic rings. The maximum absolute atomic E-state index is 13.1. The molecule has 21 heavy (non-hydrogen) atoms. The van der Waals surface area contributed by atoms with Crippen LogP contribution in [0.4, 0.5) is 13.2 Å². The van der Waals surface area contributed by atoms with Gasteiger partial charge >= 0.3 is 12.1 Å². The van der Waals surface area contributed by atoms with E-state index in [1.54, 1.807) is 4.90 Å². The van der Waals surface area contributed by atoms with Crippen LogP contribution in [0.2, 0.25) is 0 Å². The molecular weight excluding hydrogens is 283 g/mol. The number of alkyl halides is 3. The Morgan fingerprint density at radius 3 is 2.33 bits per heavy atom. The van der Waals surface area contributed by atoms with E-state index in [0.29, 0.717) is 6.54 Å². The molecule has 6 heteroatoms. The number of hydrogen-bond donors (Lipinski definition) is 1. The highest BCUT2D eigenvalue weighted by Gasteiger charge is 2.63. The van der Waals surface area contributed by atoms with Crippen molar-refractivity contribution in [1.29, 1.82) is 0 Å². The van der Waals surface area contributed by atoms with Gasteiger partial charge < -0.3 is 5.11 Å². The minimum absolute atomic E-state index is 0.138. The van der Waals surface area contributed by atoms with Crippen LogP contribution in [-0.4, -0.2) is 35.2 Å². The van der Waals surface area contributed by atoms with Crippen LogP contribution in [-0.2, 0) is 11.3 Å². The summed E-state index contributed by atoms with van der Waals surface area (Å²) >= 11 is 0. The molecule has 2 rings (SSSR count). The third-order valence-electron chi connectivity index (χ3n) is 4.33. The van der Waals surface area contributed by atoms with Crippen molar-refractivity contribution in [2.45, 2.75) is 33.0 Å². The summed E-state index contributed by atoms with van der Waals surface area (Å²) < 4.78 is 39.4. The molecule has 0 bridgehead atoms. The summed E-state index contributed by atoms with van der Waals surface area (Å²) in [6.45, 7) is 3.82. The lowest BCUT2D eigenvalue weighted by Gasteiger charge is -2.27. The Kier molecular flexibility index (Phi) is 4.02. The summed E-state index contributed by atoms with van der Waals surface area (Å²) in [5, 5.41) is 9.05. The Hall–Kier alpha value is -1.56. The third-order valence-corrected chi connectivity index (χ3v) is 4.33. The van der Waals surface area contributed by atoms with Crippen LogP contribution in [0, 0.1) is 19.3 Å². The Morgan fingerprint density at radius 1 is 1.33 bits per heavy atom. The van der Waals surface area contributed by atoms with E-state index < -0.39 is 30.5 Å². The molecule has 0 amide bonds. The molecule has 1 atom stereocenters. The topological polar surface area (TPSA) is 40.5 Å². The second-order valence-electron chi connectivity index (χ2n) is 5.72. The third kappa shape index (κ3) is 2.77. The van der Waals surface area contributed by atoms with Gasteiger partial charge in [0.2, 0.25) is 0 Å². The maximum Gasteiger partial charge on any atom is 0.406 e. The highest BCUT2D eigenvalue weighted by atomic mass is 19.4. The monoisotopic (exact) mass is 301 g/mol. The van der Waals surface area contributed by atoms with Gasteiger partial charge in [-0.3, -0.25) is 9.69 Å². The highest BCUT2D eigenvalue weighted by molar-refractivity contribution is 5.76. The Morgan fingerprint density at radius 2 is 1.90 bits per heavy atom. The molecule has 1 unspecified atom stereocenters. The average Bonchev–Trinajstić information content (AvgIpc) is 2.79. The Labute approximate surface area is 121 Å². The van der Waals surface area contributed by atoms with Gasteiger partial charge in [0.1, 0.15) is 0 Å². The zero-order chi connectivity index (χ0) is 15.8. The fraction of sp³-hybridized carbons (Fsp3) is 0.533. The van der Waals surface area contributed by atoms with Gasteiger partial charge in [-0.2, -0.15) is 13.2 Å². The zero-order valence-electron chi connectivity index (χ0n) is 12.0. The fourth-order valence-electron chi connectivity index (χ4n) is 2.87. The molecule has 0 aromatic heterocycles. The summed E-state index contributed by atoms with van der Waals surface area (Å²) in [7, 11) is 0. The van der Waals surface area contributed by atoms with E-state index in [-0.39, 0.29) is 6.54 Å². The van der Waals surface area contributed by atoms with Crippen LogP contribution >= 0.6 is 0 Å². The van der Waals surface area contributed by atoms with E-state index in [1.165, 1.54) is 0 Å². The van der Waals surface area contributed by atoms with Gasteiger partial charge in [0, 0.05) is 19.6 Å². The summed E-state index contributed by atoms with van der Waals surface area (Å²) in [4.78, 5) is 12.7. The largest absolute Gasteiger partial charge is 0.481 e. The van der Waals surface area contributed by atoms with E-state index in [1.807, 2.05) is 32.0 Å². The standard InChI is InChI=1S/C15H18F3NO2/c1-10-4-3-5-11(2)12(10)8-19-7-6-14(9-19,13(20)21)15(16,17)18/h3-5H,6-9H2,1-2H3,(H,20,21).